The fourth-order valence-corrected chi connectivity index (χ4v) is 3.35. The number of benzene rings is 2. The summed E-state index contributed by atoms with van der Waals surface area (Å²) in [6.45, 7) is 3.57. The van der Waals surface area contributed by atoms with Gasteiger partial charge in [0, 0.05) is 33.2 Å². The predicted molar refractivity (Wildman–Crippen MR) is 116 cm³/mol. The van der Waals surface area contributed by atoms with E-state index in [1.54, 1.807) is 42.7 Å². The Bertz CT molecular complexity index is 1200. The summed E-state index contributed by atoms with van der Waals surface area (Å²) in [5.41, 5.74) is 5.02. The zero-order valence-corrected chi connectivity index (χ0v) is 17.3. The van der Waals surface area contributed by atoms with Gasteiger partial charge in [0.2, 0.25) is 0 Å². The number of nitrogens with one attached hydrogen (secondary N) is 1. The van der Waals surface area contributed by atoms with Crippen molar-refractivity contribution >= 4 is 35.7 Å². The van der Waals surface area contributed by atoms with Gasteiger partial charge in [-0.15, -0.1) is 0 Å². The van der Waals surface area contributed by atoms with Gasteiger partial charge in [0.1, 0.15) is 0 Å². The quantitative estimate of drug-likeness (QED) is 0.397. The summed E-state index contributed by atoms with van der Waals surface area (Å²) in [6, 6.07) is 12.1. The molecule has 0 bridgehead atoms. The number of carboxylic acids is 2. The molecular formula is C22H18ClN3O5. The number of hydrazone groups is 1. The van der Waals surface area contributed by atoms with Crippen molar-refractivity contribution in [1.29, 1.82) is 0 Å². The number of hydrogen-bond acceptors (Lipinski definition) is 4. The van der Waals surface area contributed by atoms with Crippen molar-refractivity contribution in [2.45, 2.75) is 13.8 Å². The number of rotatable bonds is 6. The molecule has 1 amide bonds. The number of aromatic carboxylic acids is 2. The van der Waals surface area contributed by atoms with E-state index in [2.05, 4.69) is 10.5 Å². The van der Waals surface area contributed by atoms with Crippen LogP contribution in [-0.4, -0.2) is 38.8 Å². The molecule has 3 N–H and O–H groups in total. The van der Waals surface area contributed by atoms with Crippen molar-refractivity contribution in [2.24, 2.45) is 5.10 Å². The van der Waals surface area contributed by atoms with Crippen molar-refractivity contribution in [3.63, 3.8) is 0 Å². The second kappa shape index (κ2) is 8.85. The second-order valence-electron chi connectivity index (χ2n) is 6.75. The number of amides is 1. The van der Waals surface area contributed by atoms with Gasteiger partial charge in [0.25, 0.3) is 5.91 Å². The molecule has 0 aliphatic rings. The van der Waals surface area contributed by atoms with E-state index < -0.39 is 17.8 Å². The Morgan fingerprint density at radius 1 is 0.968 bits per heavy atom. The second-order valence-corrected chi connectivity index (χ2v) is 7.19. The summed E-state index contributed by atoms with van der Waals surface area (Å²) >= 11 is 5.88. The Kier molecular flexibility index (Phi) is 6.22. The number of hydrogen-bond donors (Lipinski definition) is 3. The standard InChI is InChI=1S/C22H18ClN3O5/c1-12-6-17(11-24-25-20(27)14-4-3-5-18(23)8-14)13(2)26(12)19-9-15(21(28)29)7-16(10-19)22(30)31/h3-11H,1-2H3,(H,25,27)(H,28,29)(H,30,31)/b24-11-. The smallest absolute Gasteiger partial charge is 0.335 e. The Morgan fingerprint density at radius 2 is 1.61 bits per heavy atom. The van der Waals surface area contributed by atoms with Gasteiger partial charge in [-0.2, -0.15) is 5.10 Å². The number of nitrogens with zero attached hydrogens (tertiary/aromatic N) is 2. The maximum Gasteiger partial charge on any atom is 0.335 e. The third-order valence-electron chi connectivity index (χ3n) is 4.60. The third kappa shape index (κ3) is 4.81. The highest BCUT2D eigenvalue weighted by Crippen LogP contribution is 2.22. The van der Waals surface area contributed by atoms with E-state index in [1.807, 2.05) is 0 Å². The maximum absolute atomic E-state index is 12.2. The first-order chi connectivity index (χ1) is 14.7. The van der Waals surface area contributed by atoms with Crippen LogP contribution in [0.3, 0.4) is 0 Å². The Labute approximate surface area is 182 Å². The Morgan fingerprint density at radius 3 is 2.19 bits per heavy atom. The molecule has 1 heterocycles. The van der Waals surface area contributed by atoms with Gasteiger partial charge in [-0.25, -0.2) is 15.0 Å². The number of halogens is 1. The highest BCUT2D eigenvalue weighted by atomic mass is 35.5. The van der Waals surface area contributed by atoms with Crippen molar-refractivity contribution < 1.29 is 24.6 Å². The first kappa shape index (κ1) is 21.8. The lowest BCUT2D eigenvalue weighted by atomic mass is 10.1. The van der Waals surface area contributed by atoms with Crippen molar-refractivity contribution in [2.75, 3.05) is 0 Å². The van der Waals surface area contributed by atoms with Gasteiger partial charge >= 0.3 is 11.9 Å². The Hall–Kier alpha value is -3.91. The van der Waals surface area contributed by atoms with E-state index in [0.29, 0.717) is 27.5 Å². The van der Waals surface area contributed by atoms with Crippen LogP contribution in [0.25, 0.3) is 5.69 Å². The summed E-state index contributed by atoms with van der Waals surface area (Å²) in [4.78, 5) is 35.0. The fourth-order valence-electron chi connectivity index (χ4n) is 3.16. The number of aromatic nitrogens is 1. The van der Waals surface area contributed by atoms with Crippen molar-refractivity contribution in [3.05, 3.63) is 87.2 Å². The molecule has 0 aliphatic carbocycles. The summed E-state index contributed by atoms with van der Waals surface area (Å²) in [5.74, 6) is -2.87. The van der Waals surface area contributed by atoms with E-state index in [1.165, 1.54) is 24.4 Å². The topological polar surface area (TPSA) is 121 Å². The summed E-state index contributed by atoms with van der Waals surface area (Å²) in [5, 5.41) is 23.0. The predicted octanol–water partition coefficient (Wildman–Crippen LogP) is 3.91. The van der Waals surface area contributed by atoms with Gasteiger partial charge in [-0.1, -0.05) is 17.7 Å². The molecule has 158 valence electrons. The van der Waals surface area contributed by atoms with Crippen LogP contribution < -0.4 is 5.43 Å². The van der Waals surface area contributed by atoms with Crippen LogP contribution in [0.2, 0.25) is 5.02 Å². The maximum atomic E-state index is 12.2. The first-order valence-electron chi connectivity index (χ1n) is 9.07. The molecule has 0 saturated heterocycles. The van der Waals surface area contributed by atoms with Gasteiger partial charge in [-0.05, 0) is 56.3 Å². The minimum Gasteiger partial charge on any atom is -0.478 e. The average molecular weight is 440 g/mol. The molecule has 31 heavy (non-hydrogen) atoms. The highest BCUT2D eigenvalue weighted by molar-refractivity contribution is 6.30. The van der Waals surface area contributed by atoms with E-state index >= 15 is 0 Å². The molecule has 1 aromatic heterocycles. The molecule has 0 unspecified atom stereocenters. The lowest BCUT2D eigenvalue weighted by molar-refractivity contribution is 0.0696. The summed E-state index contributed by atoms with van der Waals surface area (Å²) in [6.07, 6.45) is 1.46. The van der Waals surface area contributed by atoms with Crippen LogP contribution in [0.4, 0.5) is 0 Å². The van der Waals surface area contributed by atoms with Gasteiger partial charge in [0.15, 0.2) is 0 Å². The minimum atomic E-state index is -1.22. The van der Waals surface area contributed by atoms with E-state index in [9.17, 15) is 24.6 Å². The normalized spacial score (nSPS) is 10.9. The minimum absolute atomic E-state index is 0.133. The third-order valence-corrected chi connectivity index (χ3v) is 4.83. The van der Waals surface area contributed by atoms with Crippen molar-refractivity contribution in [3.8, 4) is 5.69 Å². The molecule has 0 spiro atoms. The van der Waals surface area contributed by atoms with Gasteiger partial charge in [0.05, 0.1) is 17.3 Å². The molecular weight excluding hydrogens is 422 g/mol. The number of aryl methyl sites for hydroxylation is 1. The largest absolute Gasteiger partial charge is 0.478 e. The molecule has 0 saturated carbocycles. The monoisotopic (exact) mass is 439 g/mol. The van der Waals surface area contributed by atoms with Crippen LogP contribution in [0.5, 0.6) is 0 Å². The molecule has 9 heteroatoms. The lowest BCUT2D eigenvalue weighted by Gasteiger charge is -2.12. The molecule has 3 aromatic rings. The fraction of sp³-hybridized carbons (Fsp3) is 0.0909. The van der Waals surface area contributed by atoms with E-state index in [4.69, 9.17) is 11.6 Å². The molecule has 2 aromatic carbocycles. The van der Waals surface area contributed by atoms with Crippen molar-refractivity contribution in [1.82, 2.24) is 9.99 Å². The Balaban J connectivity index is 1.91. The lowest BCUT2D eigenvalue weighted by Crippen LogP contribution is -2.17. The van der Waals surface area contributed by atoms with Crippen LogP contribution in [0, 0.1) is 13.8 Å². The number of carbonyl (C=O) groups is 3. The van der Waals surface area contributed by atoms with Gasteiger partial charge < -0.3 is 14.8 Å². The van der Waals surface area contributed by atoms with Crippen LogP contribution in [-0.2, 0) is 0 Å². The van der Waals surface area contributed by atoms with E-state index in [-0.39, 0.29) is 11.1 Å². The number of carbonyl (C=O) groups excluding carboxylic acids is 1. The van der Waals surface area contributed by atoms with Crippen LogP contribution in [0.1, 0.15) is 48.0 Å². The molecule has 0 atom stereocenters. The summed E-state index contributed by atoms with van der Waals surface area (Å²) < 4.78 is 1.72. The molecule has 3 rings (SSSR count). The average Bonchev–Trinajstić information content (AvgIpc) is 3.00. The van der Waals surface area contributed by atoms with Crippen LogP contribution in [0.15, 0.2) is 53.6 Å². The molecule has 8 nitrogen and oxygen atoms in total. The SMILES string of the molecule is Cc1cc(/C=N\NC(=O)c2cccc(Cl)c2)c(C)n1-c1cc(C(=O)O)cc(C(=O)O)c1. The zero-order valence-electron chi connectivity index (χ0n) is 16.6. The number of carboxylic acid groups (broad SMARTS) is 2. The van der Waals surface area contributed by atoms with E-state index in [0.717, 1.165) is 11.8 Å². The zero-order chi connectivity index (χ0) is 22.7. The molecule has 0 fully saturated rings. The molecule has 0 radical (unpaired) electrons. The van der Waals surface area contributed by atoms with Crippen LogP contribution >= 0.6 is 11.6 Å². The highest BCUT2D eigenvalue weighted by Gasteiger charge is 2.16. The first-order valence-corrected chi connectivity index (χ1v) is 9.45. The van der Waals surface area contributed by atoms with Gasteiger partial charge in [-0.3, -0.25) is 4.79 Å². The summed E-state index contributed by atoms with van der Waals surface area (Å²) in [7, 11) is 0. The molecule has 0 aliphatic heterocycles.